The maximum Gasteiger partial charge on any atom is 0.167 e. The molecule has 19 heavy (non-hydrogen) atoms. The van der Waals surface area contributed by atoms with Crippen molar-refractivity contribution in [2.24, 2.45) is 0 Å². The van der Waals surface area contributed by atoms with Gasteiger partial charge in [-0.2, -0.15) is 0 Å². The number of hydrogen-bond acceptors (Lipinski definition) is 4. The van der Waals surface area contributed by atoms with Gasteiger partial charge in [0.05, 0.1) is 23.6 Å². The minimum Gasteiger partial charge on any atom is -0.488 e. The van der Waals surface area contributed by atoms with Crippen molar-refractivity contribution in [3.63, 3.8) is 0 Å². The van der Waals surface area contributed by atoms with E-state index in [0.29, 0.717) is 17.9 Å². The third-order valence-corrected chi connectivity index (χ3v) is 3.01. The maximum absolute atomic E-state index is 13.7. The molecule has 1 heterocycles. The molecule has 3 N–H and O–H groups in total. The lowest BCUT2D eigenvalue weighted by molar-refractivity contribution is 0.120. The van der Waals surface area contributed by atoms with Crippen LogP contribution in [0.15, 0.2) is 12.1 Å². The van der Waals surface area contributed by atoms with E-state index in [1.807, 2.05) is 13.8 Å². The fraction of sp³-hybridized carbons (Fsp3) is 0.571. The Bertz CT molecular complexity index is 432. The van der Waals surface area contributed by atoms with Crippen LogP contribution in [0.25, 0.3) is 0 Å². The summed E-state index contributed by atoms with van der Waals surface area (Å²) in [7, 11) is 0. The standard InChI is InChI=1S/C14H21FN2O2/c1-9(2)19-14-7-13(12(16)6-11(14)15)17-8-10-4-3-5-18-10/h6-7,9-10,17H,3-5,8,16H2,1-2H3. The van der Waals surface area contributed by atoms with Gasteiger partial charge >= 0.3 is 0 Å². The zero-order valence-corrected chi connectivity index (χ0v) is 11.4. The highest BCUT2D eigenvalue weighted by Gasteiger charge is 2.16. The molecule has 0 spiro atoms. The van der Waals surface area contributed by atoms with Crippen LogP contribution < -0.4 is 15.8 Å². The molecule has 2 rings (SSSR count). The molecule has 0 radical (unpaired) electrons. The van der Waals surface area contributed by atoms with E-state index in [1.165, 1.54) is 6.07 Å². The number of nitrogens with two attached hydrogens (primary N) is 1. The van der Waals surface area contributed by atoms with Crippen molar-refractivity contribution in [2.75, 3.05) is 24.2 Å². The molecular formula is C14H21FN2O2. The zero-order chi connectivity index (χ0) is 13.8. The predicted octanol–water partition coefficient (Wildman–Crippen LogP) is 2.79. The van der Waals surface area contributed by atoms with Gasteiger partial charge in [-0.15, -0.1) is 0 Å². The van der Waals surface area contributed by atoms with Crippen LogP contribution in [0.4, 0.5) is 15.8 Å². The van der Waals surface area contributed by atoms with Crippen molar-refractivity contribution in [1.29, 1.82) is 0 Å². The normalized spacial score (nSPS) is 18.8. The molecule has 0 saturated carbocycles. The number of nitrogens with one attached hydrogen (secondary N) is 1. The Kier molecular flexibility index (Phi) is 4.47. The van der Waals surface area contributed by atoms with Crippen molar-refractivity contribution >= 4 is 11.4 Å². The van der Waals surface area contributed by atoms with Gasteiger partial charge in [0, 0.05) is 25.3 Å². The van der Waals surface area contributed by atoms with Crippen LogP contribution in [-0.2, 0) is 4.74 Å². The number of anilines is 2. The lowest BCUT2D eigenvalue weighted by Gasteiger charge is -2.16. The molecule has 1 aromatic carbocycles. The molecule has 1 aromatic rings. The highest BCUT2D eigenvalue weighted by Crippen LogP contribution is 2.29. The first kappa shape index (κ1) is 13.9. The van der Waals surface area contributed by atoms with E-state index in [1.54, 1.807) is 6.07 Å². The summed E-state index contributed by atoms with van der Waals surface area (Å²) in [5, 5.41) is 3.20. The SMILES string of the molecule is CC(C)Oc1cc(NCC2CCCO2)c(N)cc1F. The lowest BCUT2D eigenvalue weighted by Crippen LogP contribution is -2.19. The van der Waals surface area contributed by atoms with Crippen molar-refractivity contribution in [2.45, 2.75) is 38.9 Å². The summed E-state index contributed by atoms with van der Waals surface area (Å²) in [6, 6.07) is 2.90. The topological polar surface area (TPSA) is 56.5 Å². The Balaban J connectivity index is 2.05. The monoisotopic (exact) mass is 268 g/mol. The van der Waals surface area contributed by atoms with Crippen molar-refractivity contribution in [3.05, 3.63) is 17.9 Å². The van der Waals surface area contributed by atoms with Gasteiger partial charge in [0.15, 0.2) is 11.6 Å². The fourth-order valence-electron chi connectivity index (χ4n) is 2.10. The number of rotatable bonds is 5. The van der Waals surface area contributed by atoms with Gasteiger partial charge in [0.1, 0.15) is 0 Å². The molecule has 1 aliphatic rings. The van der Waals surface area contributed by atoms with E-state index in [4.69, 9.17) is 15.2 Å². The molecule has 0 aromatic heterocycles. The van der Waals surface area contributed by atoms with Gasteiger partial charge in [-0.05, 0) is 26.7 Å². The Morgan fingerprint density at radius 3 is 2.95 bits per heavy atom. The van der Waals surface area contributed by atoms with Crippen LogP contribution >= 0.6 is 0 Å². The van der Waals surface area contributed by atoms with Gasteiger partial charge in [0.2, 0.25) is 0 Å². The quantitative estimate of drug-likeness (QED) is 0.806. The van der Waals surface area contributed by atoms with E-state index in [9.17, 15) is 4.39 Å². The smallest absolute Gasteiger partial charge is 0.167 e. The maximum atomic E-state index is 13.7. The van der Waals surface area contributed by atoms with E-state index < -0.39 is 5.82 Å². The van der Waals surface area contributed by atoms with E-state index in [2.05, 4.69) is 5.32 Å². The van der Waals surface area contributed by atoms with Crippen LogP contribution in [0.5, 0.6) is 5.75 Å². The van der Waals surface area contributed by atoms with Crippen LogP contribution in [0.2, 0.25) is 0 Å². The molecule has 1 unspecified atom stereocenters. The molecule has 0 amide bonds. The number of benzene rings is 1. The number of nitrogen functional groups attached to an aromatic ring is 1. The minimum atomic E-state index is -0.436. The summed E-state index contributed by atoms with van der Waals surface area (Å²) < 4.78 is 24.6. The largest absolute Gasteiger partial charge is 0.488 e. The summed E-state index contributed by atoms with van der Waals surface area (Å²) in [5.41, 5.74) is 6.88. The summed E-state index contributed by atoms with van der Waals surface area (Å²) >= 11 is 0. The van der Waals surface area contributed by atoms with E-state index in [-0.39, 0.29) is 18.0 Å². The van der Waals surface area contributed by atoms with Crippen LogP contribution in [0.3, 0.4) is 0 Å². The van der Waals surface area contributed by atoms with Crippen LogP contribution in [0.1, 0.15) is 26.7 Å². The van der Waals surface area contributed by atoms with Crippen LogP contribution in [0, 0.1) is 5.82 Å². The van der Waals surface area contributed by atoms with Crippen molar-refractivity contribution < 1.29 is 13.9 Å². The van der Waals surface area contributed by atoms with E-state index >= 15 is 0 Å². The number of halogens is 1. The molecule has 0 bridgehead atoms. The average molecular weight is 268 g/mol. The third kappa shape index (κ3) is 3.73. The fourth-order valence-corrected chi connectivity index (χ4v) is 2.10. The molecule has 0 aliphatic carbocycles. The minimum absolute atomic E-state index is 0.0795. The van der Waals surface area contributed by atoms with Crippen molar-refractivity contribution in [3.8, 4) is 5.75 Å². The molecule has 106 valence electrons. The predicted molar refractivity (Wildman–Crippen MR) is 74.0 cm³/mol. The first-order chi connectivity index (χ1) is 9.06. The molecule has 1 atom stereocenters. The molecule has 1 aliphatic heterocycles. The summed E-state index contributed by atoms with van der Waals surface area (Å²) in [6.07, 6.45) is 2.26. The first-order valence-electron chi connectivity index (χ1n) is 6.67. The van der Waals surface area contributed by atoms with Gasteiger partial charge < -0.3 is 20.5 Å². The Morgan fingerprint density at radius 1 is 1.53 bits per heavy atom. The van der Waals surface area contributed by atoms with Gasteiger partial charge in [-0.1, -0.05) is 0 Å². The molecule has 1 fully saturated rings. The highest BCUT2D eigenvalue weighted by molar-refractivity contribution is 5.68. The van der Waals surface area contributed by atoms with Crippen LogP contribution in [-0.4, -0.2) is 25.4 Å². The summed E-state index contributed by atoms with van der Waals surface area (Å²) in [4.78, 5) is 0. The third-order valence-electron chi connectivity index (χ3n) is 3.01. The Hall–Kier alpha value is -1.49. The average Bonchev–Trinajstić information content (AvgIpc) is 2.83. The highest BCUT2D eigenvalue weighted by atomic mass is 19.1. The van der Waals surface area contributed by atoms with Crippen molar-refractivity contribution in [1.82, 2.24) is 0 Å². The van der Waals surface area contributed by atoms with Gasteiger partial charge in [0.25, 0.3) is 0 Å². The van der Waals surface area contributed by atoms with E-state index in [0.717, 1.165) is 19.4 Å². The molecular weight excluding hydrogens is 247 g/mol. The van der Waals surface area contributed by atoms with Gasteiger partial charge in [-0.25, -0.2) is 4.39 Å². The Morgan fingerprint density at radius 2 is 2.32 bits per heavy atom. The zero-order valence-electron chi connectivity index (χ0n) is 11.4. The molecule has 4 nitrogen and oxygen atoms in total. The molecule has 1 saturated heterocycles. The molecule has 5 heteroatoms. The second kappa shape index (κ2) is 6.10. The number of ether oxygens (including phenoxy) is 2. The summed E-state index contributed by atoms with van der Waals surface area (Å²) in [6.45, 7) is 5.20. The second-order valence-corrected chi connectivity index (χ2v) is 5.05. The second-order valence-electron chi connectivity index (χ2n) is 5.05. The number of hydrogen-bond donors (Lipinski definition) is 2. The first-order valence-corrected chi connectivity index (χ1v) is 6.67. The summed E-state index contributed by atoms with van der Waals surface area (Å²) in [5.74, 6) is -0.215. The Labute approximate surface area is 113 Å². The lowest BCUT2D eigenvalue weighted by atomic mass is 10.2. The van der Waals surface area contributed by atoms with Gasteiger partial charge in [-0.3, -0.25) is 0 Å².